The summed E-state index contributed by atoms with van der Waals surface area (Å²) in [5.74, 6) is -0.351. The summed E-state index contributed by atoms with van der Waals surface area (Å²) in [5, 5.41) is 9.12. The van der Waals surface area contributed by atoms with Crippen LogP contribution in [0.25, 0.3) is 0 Å². The second-order valence-corrected chi connectivity index (χ2v) is 9.50. The number of piperidine rings is 1. The number of carbonyl (C=O) groups is 1. The van der Waals surface area contributed by atoms with Gasteiger partial charge >= 0.3 is 5.97 Å². The highest BCUT2D eigenvalue weighted by atomic mass is 79.9. The Labute approximate surface area is 184 Å². The van der Waals surface area contributed by atoms with E-state index in [1.54, 1.807) is 6.92 Å². The molecule has 0 atom stereocenters. The largest absolute Gasteiger partial charge is 0.490 e. The number of halogens is 1. The molecular weight excluding hydrogens is 472 g/mol. The highest BCUT2D eigenvalue weighted by Gasteiger charge is 2.27. The Balaban J connectivity index is 1.89. The Kier molecular flexibility index (Phi) is 7.13. The number of carbonyl (C=O) groups excluding carboxylic acids is 1. The fraction of sp³-hybridized carbons (Fsp3) is 0.333. The average Bonchev–Trinajstić information content (AvgIpc) is 2.76. The van der Waals surface area contributed by atoms with Crippen LogP contribution in [0.2, 0.25) is 0 Å². The van der Waals surface area contributed by atoms with E-state index in [4.69, 9.17) is 14.7 Å². The van der Waals surface area contributed by atoms with Gasteiger partial charge in [0.15, 0.2) is 11.5 Å². The van der Waals surface area contributed by atoms with Gasteiger partial charge in [0.05, 0.1) is 33.2 Å². The zero-order valence-corrected chi connectivity index (χ0v) is 18.8. The Bertz CT molecular complexity index is 1090. The molecule has 0 radical (unpaired) electrons. The first-order valence-corrected chi connectivity index (χ1v) is 11.8. The second-order valence-electron chi connectivity index (χ2n) is 6.71. The standard InChI is InChI=1S/C21H21BrN2O5S/c1-2-28-19-12-15(14-23)11-18(22)20(19)29-21(25)16-7-6-8-17(13-16)30(26,27)24-9-4-3-5-10-24/h6-8,11-13H,2-5,9-10H2,1H3. The van der Waals surface area contributed by atoms with E-state index in [0.29, 0.717) is 29.7 Å². The van der Waals surface area contributed by atoms with Crippen molar-refractivity contribution >= 4 is 31.9 Å². The molecule has 0 bridgehead atoms. The van der Waals surface area contributed by atoms with Crippen molar-refractivity contribution in [3.63, 3.8) is 0 Å². The summed E-state index contributed by atoms with van der Waals surface area (Å²) in [4.78, 5) is 12.8. The SMILES string of the molecule is CCOc1cc(C#N)cc(Br)c1OC(=O)c1cccc(S(=O)(=O)N2CCCCC2)c1. The zero-order chi connectivity index (χ0) is 21.7. The number of rotatable bonds is 6. The molecule has 0 aliphatic carbocycles. The topological polar surface area (TPSA) is 96.7 Å². The predicted octanol–water partition coefficient (Wildman–Crippen LogP) is 4.11. The van der Waals surface area contributed by atoms with Gasteiger partial charge < -0.3 is 9.47 Å². The highest BCUT2D eigenvalue weighted by molar-refractivity contribution is 9.10. The number of hydrogen-bond acceptors (Lipinski definition) is 6. The van der Waals surface area contributed by atoms with Gasteiger partial charge in [0.25, 0.3) is 0 Å². The van der Waals surface area contributed by atoms with Crippen LogP contribution in [0.15, 0.2) is 45.8 Å². The van der Waals surface area contributed by atoms with Gasteiger partial charge in [-0.1, -0.05) is 12.5 Å². The maximum Gasteiger partial charge on any atom is 0.343 e. The van der Waals surface area contributed by atoms with E-state index in [1.165, 1.54) is 40.7 Å². The maximum absolute atomic E-state index is 12.9. The van der Waals surface area contributed by atoms with Crippen molar-refractivity contribution < 1.29 is 22.7 Å². The number of benzene rings is 2. The van der Waals surface area contributed by atoms with Crippen molar-refractivity contribution in [3.05, 3.63) is 52.0 Å². The van der Waals surface area contributed by atoms with Crippen molar-refractivity contribution in [3.8, 4) is 17.6 Å². The minimum absolute atomic E-state index is 0.0581. The molecule has 3 rings (SSSR count). The van der Waals surface area contributed by atoms with E-state index in [2.05, 4.69) is 15.9 Å². The third-order valence-electron chi connectivity index (χ3n) is 4.66. The molecule has 0 spiro atoms. The van der Waals surface area contributed by atoms with Crippen molar-refractivity contribution in [2.75, 3.05) is 19.7 Å². The monoisotopic (exact) mass is 492 g/mol. The molecule has 1 heterocycles. The molecule has 1 saturated heterocycles. The summed E-state index contributed by atoms with van der Waals surface area (Å²) >= 11 is 3.30. The molecule has 9 heteroatoms. The lowest BCUT2D eigenvalue weighted by Gasteiger charge is -2.26. The Morgan fingerprint density at radius 2 is 1.93 bits per heavy atom. The van der Waals surface area contributed by atoms with Crippen LogP contribution in [-0.2, 0) is 10.0 Å². The lowest BCUT2D eigenvalue weighted by Crippen LogP contribution is -2.35. The summed E-state index contributed by atoms with van der Waals surface area (Å²) in [7, 11) is -3.67. The summed E-state index contributed by atoms with van der Waals surface area (Å²) in [6.07, 6.45) is 2.67. The van der Waals surface area contributed by atoms with Crippen LogP contribution in [0.1, 0.15) is 42.1 Å². The summed E-state index contributed by atoms with van der Waals surface area (Å²) < 4.78 is 38.6. The van der Waals surface area contributed by atoms with Crippen LogP contribution < -0.4 is 9.47 Å². The van der Waals surface area contributed by atoms with Gasteiger partial charge in [-0.2, -0.15) is 9.57 Å². The highest BCUT2D eigenvalue weighted by Crippen LogP contribution is 2.37. The first kappa shape index (κ1) is 22.3. The van der Waals surface area contributed by atoms with E-state index in [9.17, 15) is 13.2 Å². The third kappa shape index (κ3) is 4.83. The fourth-order valence-electron chi connectivity index (χ4n) is 3.18. The van der Waals surface area contributed by atoms with Gasteiger partial charge in [0.2, 0.25) is 10.0 Å². The van der Waals surface area contributed by atoms with E-state index < -0.39 is 16.0 Å². The number of sulfonamides is 1. The van der Waals surface area contributed by atoms with E-state index in [1.807, 2.05) is 6.07 Å². The number of ether oxygens (including phenoxy) is 2. The van der Waals surface area contributed by atoms with Crippen molar-refractivity contribution in [1.82, 2.24) is 4.31 Å². The lowest BCUT2D eigenvalue weighted by atomic mass is 10.2. The Hall–Kier alpha value is -2.41. The van der Waals surface area contributed by atoms with Gasteiger partial charge in [-0.3, -0.25) is 0 Å². The van der Waals surface area contributed by atoms with Gasteiger partial charge in [0.1, 0.15) is 0 Å². The number of hydrogen-bond donors (Lipinski definition) is 0. The molecule has 0 unspecified atom stereocenters. The van der Waals surface area contributed by atoms with Gasteiger partial charge in [0, 0.05) is 19.2 Å². The third-order valence-corrected chi connectivity index (χ3v) is 7.14. The van der Waals surface area contributed by atoms with E-state index in [0.717, 1.165) is 19.3 Å². The number of nitrogens with zero attached hydrogens (tertiary/aromatic N) is 2. The molecular formula is C21H21BrN2O5S. The molecule has 30 heavy (non-hydrogen) atoms. The smallest absolute Gasteiger partial charge is 0.343 e. The Morgan fingerprint density at radius 1 is 1.20 bits per heavy atom. The number of nitriles is 1. The molecule has 1 aliphatic heterocycles. The van der Waals surface area contributed by atoms with Crippen LogP contribution in [0.5, 0.6) is 11.5 Å². The average molecular weight is 493 g/mol. The molecule has 2 aromatic carbocycles. The van der Waals surface area contributed by atoms with Crippen molar-refractivity contribution in [1.29, 1.82) is 5.26 Å². The van der Waals surface area contributed by atoms with Crippen molar-refractivity contribution in [2.24, 2.45) is 0 Å². The zero-order valence-electron chi connectivity index (χ0n) is 16.4. The van der Waals surface area contributed by atoms with Crippen molar-refractivity contribution in [2.45, 2.75) is 31.1 Å². The van der Waals surface area contributed by atoms with Gasteiger partial charge in [-0.05, 0) is 60.0 Å². The molecule has 7 nitrogen and oxygen atoms in total. The number of esters is 1. The van der Waals surface area contributed by atoms with E-state index >= 15 is 0 Å². The van der Waals surface area contributed by atoms with Crippen LogP contribution >= 0.6 is 15.9 Å². The molecule has 158 valence electrons. The lowest BCUT2D eigenvalue weighted by molar-refractivity contribution is 0.0727. The molecule has 0 amide bonds. The van der Waals surface area contributed by atoms with Gasteiger partial charge in [-0.25, -0.2) is 13.2 Å². The van der Waals surface area contributed by atoms with Crippen LogP contribution in [0.3, 0.4) is 0 Å². The fourth-order valence-corrected chi connectivity index (χ4v) is 5.27. The normalized spacial score (nSPS) is 14.7. The minimum Gasteiger partial charge on any atom is -0.490 e. The summed E-state index contributed by atoms with van der Waals surface area (Å²) in [5.41, 5.74) is 0.450. The van der Waals surface area contributed by atoms with Crippen LogP contribution in [0, 0.1) is 11.3 Å². The molecule has 1 aliphatic rings. The molecule has 0 aromatic heterocycles. The molecule has 0 saturated carbocycles. The first-order valence-electron chi connectivity index (χ1n) is 9.55. The van der Waals surface area contributed by atoms with E-state index in [-0.39, 0.29) is 22.0 Å². The first-order chi connectivity index (χ1) is 14.4. The van der Waals surface area contributed by atoms with Crippen LogP contribution in [-0.4, -0.2) is 38.4 Å². The molecule has 2 aromatic rings. The molecule has 1 fully saturated rings. The predicted molar refractivity (Wildman–Crippen MR) is 114 cm³/mol. The summed E-state index contributed by atoms with van der Waals surface area (Å²) in [6, 6.07) is 10.8. The summed E-state index contributed by atoms with van der Waals surface area (Å²) in [6.45, 7) is 3.04. The maximum atomic E-state index is 12.9. The minimum atomic E-state index is -3.67. The quantitative estimate of drug-likeness (QED) is 0.444. The Morgan fingerprint density at radius 3 is 2.60 bits per heavy atom. The van der Waals surface area contributed by atoms with Crippen LogP contribution in [0.4, 0.5) is 0 Å². The second kappa shape index (κ2) is 9.60. The molecule has 0 N–H and O–H groups in total. The van der Waals surface area contributed by atoms with Gasteiger partial charge in [-0.15, -0.1) is 0 Å².